The average molecular weight is 248 g/mol. The zero-order valence-corrected chi connectivity index (χ0v) is 10.1. The van der Waals surface area contributed by atoms with Crippen LogP contribution in [-0.2, 0) is 6.54 Å². The van der Waals surface area contributed by atoms with E-state index in [9.17, 15) is 4.79 Å². The molecule has 0 unspecified atom stereocenters. The first-order chi connectivity index (χ1) is 8.16. The average Bonchev–Trinajstić information content (AvgIpc) is 2.73. The fourth-order valence-electron chi connectivity index (χ4n) is 1.29. The van der Waals surface area contributed by atoms with E-state index < -0.39 is 0 Å². The smallest absolute Gasteiger partial charge is 0.271 e. The number of nitrogens with one attached hydrogen (secondary N) is 1. The Labute approximate surface area is 103 Å². The molecule has 2 rings (SSSR count). The summed E-state index contributed by atoms with van der Waals surface area (Å²) in [6, 6.07) is 0. The number of nitrogens with two attached hydrogens (primary N) is 1. The molecule has 0 saturated carbocycles. The highest BCUT2D eigenvalue weighted by Crippen LogP contribution is 2.13. The van der Waals surface area contributed by atoms with E-state index in [-0.39, 0.29) is 11.6 Å². The Morgan fingerprint density at radius 1 is 1.41 bits per heavy atom. The summed E-state index contributed by atoms with van der Waals surface area (Å²) in [5.74, 6) is 0.0540. The van der Waals surface area contributed by atoms with Gasteiger partial charge < -0.3 is 11.1 Å². The van der Waals surface area contributed by atoms with E-state index in [2.05, 4.69) is 15.3 Å². The Morgan fingerprint density at radius 2 is 2.24 bits per heavy atom. The molecular weight excluding hydrogens is 236 g/mol. The van der Waals surface area contributed by atoms with E-state index in [1.165, 1.54) is 18.0 Å². The van der Waals surface area contributed by atoms with E-state index in [0.717, 1.165) is 5.56 Å². The molecule has 6 heteroatoms. The lowest BCUT2D eigenvalue weighted by Crippen LogP contribution is -2.24. The summed E-state index contributed by atoms with van der Waals surface area (Å²) in [4.78, 5) is 19.4. The van der Waals surface area contributed by atoms with E-state index in [1.807, 2.05) is 17.7 Å². The molecule has 2 aromatic rings. The van der Waals surface area contributed by atoms with Crippen LogP contribution in [0.3, 0.4) is 0 Å². The minimum Gasteiger partial charge on any atom is -0.382 e. The molecule has 0 aliphatic rings. The zero-order valence-electron chi connectivity index (χ0n) is 9.30. The molecule has 0 radical (unpaired) electrons. The number of anilines is 1. The van der Waals surface area contributed by atoms with Gasteiger partial charge in [-0.3, -0.25) is 4.79 Å². The molecule has 2 heterocycles. The molecule has 5 nitrogen and oxygen atoms in total. The minimum absolute atomic E-state index is 0.247. The molecule has 17 heavy (non-hydrogen) atoms. The van der Waals surface area contributed by atoms with Crippen LogP contribution in [0.15, 0.2) is 23.2 Å². The van der Waals surface area contributed by atoms with Crippen LogP contribution in [0.25, 0.3) is 0 Å². The van der Waals surface area contributed by atoms with E-state index >= 15 is 0 Å². The number of carbonyl (C=O) groups excluding carboxylic acids is 1. The number of hydrogen-bond donors (Lipinski definition) is 2. The number of carbonyl (C=O) groups is 1. The second-order valence-corrected chi connectivity index (χ2v) is 4.33. The molecule has 0 saturated heterocycles. The third-order valence-electron chi connectivity index (χ3n) is 2.31. The Kier molecular flexibility index (Phi) is 3.34. The molecule has 0 atom stereocenters. The highest BCUT2D eigenvalue weighted by molar-refractivity contribution is 7.08. The highest BCUT2D eigenvalue weighted by atomic mass is 32.1. The third-order valence-corrected chi connectivity index (χ3v) is 3.22. The number of nitrogen functional groups attached to an aromatic ring is 1. The first-order valence-electron chi connectivity index (χ1n) is 5.04. The lowest BCUT2D eigenvalue weighted by Gasteiger charge is -2.04. The maximum atomic E-state index is 11.7. The van der Waals surface area contributed by atoms with Crippen LogP contribution >= 0.6 is 11.3 Å². The zero-order chi connectivity index (χ0) is 12.3. The van der Waals surface area contributed by atoms with Crippen molar-refractivity contribution >= 4 is 23.1 Å². The lowest BCUT2D eigenvalue weighted by atomic mass is 10.2. The molecular formula is C11H12N4OS. The Morgan fingerprint density at radius 3 is 2.82 bits per heavy atom. The SMILES string of the molecule is Cc1cscc1CNC(=O)c1cnc(N)cn1. The van der Waals surface area contributed by atoms with E-state index in [1.54, 1.807) is 11.3 Å². The van der Waals surface area contributed by atoms with Crippen molar-refractivity contribution in [3.8, 4) is 0 Å². The van der Waals surface area contributed by atoms with Crippen molar-refractivity contribution in [2.75, 3.05) is 5.73 Å². The van der Waals surface area contributed by atoms with Crippen LogP contribution in [0.1, 0.15) is 21.6 Å². The number of amides is 1. The lowest BCUT2D eigenvalue weighted by molar-refractivity contribution is 0.0945. The molecule has 0 aliphatic heterocycles. The molecule has 0 fully saturated rings. The molecule has 2 aromatic heterocycles. The number of rotatable bonds is 3. The van der Waals surface area contributed by atoms with Gasteiger partial charge in [-0.2, -0.15) is 11.3 Å². The normalized spacial score (nSPS) is 10.2. The van der Waals surface area contributed by atoms with Gasteiger partial charge in [-0.1, -0.05) is 0 Å². The molecule has 88 valence electrons. The van der Waals surface area contributed by atoms with Gasteiger partial charge in [0.25, 0.3) is 5.91 Å². The van der Waals surface area contributed by atoms with Crippen LogP contribution < -0.4 is 11.1 Å². The monoisotopic (exact) mass is 248 g/mol. The third kappa shape index (κ3) is 2.79. The summed E-state index contributed by atoms with van der Waals surface area (Å²) < 4.78 is 0. The van der Waals surface area contributed by atoms with Crippen molar-refractivity contribution in [2.45, 2.75) is 13.5 Å². The maximum Gasteiger partial charge on any atom is 0.271 e. The van der Waals surface area contributed by atoms with Gasteiger partial charge in [0, 0.05) is 6.54 Å². The molecule has 0 spiro atoms. The Bertz CT molecular complexity index is 521. The standard InChI is InChI=1S/C11H12N4OS/c1-7-5-17-6-8(7)2-15-11(16)9-3-14-10(12)4-13-9/h3-6H,2H2,1H3,(H2,12,14)(H,15,16). The predicted molar refractivity (Wildman–Crippen MR) is 66.7 cm³/mol. The molecule has 0 bridgehead atoms. The van der Waals surface area contributed by atoms with Crippen molar-refractivity contribution in [3.05, 3.63) is 40.0 Å². The quantitative estimate of drug-likeness (QED) is 0.859. The van der Waals surface area contributed by atoms with Gasteiger partial charge >= 0.3 is 0 Å². The summed E-state index contributed by atoms with van der Waals surface area (Å²) in [5, 5.41) is 6.85. The largest absolute Gasteiger partial charge is 0.382 e. The van der Waals surface area contributed by atoms with Crippen LogP contribution in [0.4, 0.5) is 5.82 Å². The fraction of sp³-hybridized carbons (Fsp3) is 0.182. The number of hydrogen-bond acceptors (Lipinski definition) is 5. The second kappa shape index (κ2) is 4.92. The number of aryl methyl sites for hydroxylation is 1. The summed E-state index contributed by atoms with van der Waals surface area (Å²) in [7, 11) is 0. The highest BCUT2D eigenvalue weighted by Gasteiger charge is 2.08. The number of nitrogens with zero attached hydrogens (tertiary/aromatic N) is 2. The van der Waals surface area contributed by atoms with Crippen LogP contribution in [-0.4, -0.2) is 15.9 Å². The summed E-state index contributed by atoms with van der Waals surface area (Å²) in [5.41, 5.74) is 7.96. The number of aromatic nitrogens is 2. The molecule has 0 aromatic carbocycles. The van der Waals surface area contributed by atoms with Gasteiger partial charge in [0.2, 0.25) is 0 Å². The Balaban J connectivity index is 1.98. The summed E-state index contributed by atoms with van der Waals surface area (Å²) in [6.45, 7) is 2.52. The van der Waals surface area contributed by atoms with Crippen molar-refractivity contribution in [3.63, 3.8) is 0 Å². The van der Waals surface area contributed by atoms with E-state index in [0.29, 0.717) is 12.4 Å². The van der Waals surface area contributed by atoms with Crippen LogP contribution in [0.2, 0.25) is 0 Å². The minimum atomic E-state index is -0.247. The van der Waals surface area contributed by atoms with Gasteiger partial charge in [-0.25, -0.2) is 9.97 Å². The van der Waals surface area contributed by atoms with Gasteiger partial charge in [0.05, 0.1) is 12.4 Å². The molecule has 0 aliphatic carbocycles. The predicted octanol–water partition coefficient (Wildman–Crippen LogP) is 1.36. The first-order valence-corrected chi connectivity index (χ1v) is 5.98. The molecule has 3 N–H and O–H groups in total. The van der Waals surface area contributed by atoms with Gasteiger partial charge in [-0.05, 0) is 28.8 Å². The maximum absolute atomic E-state index is 11.7. The summed E-state index contributed by atoms with van der Waals surface area (Å²) >= 11 is 1.62. The fourth-order valence-corrected chi connectivity index (χ4v) is 2.15. The van der Waals surface area contributed by atoms with Crippen molar-refractivity contribution in [1.29, 1.82) is 0 Å². The van der Waals surface area contributed by atoms with Gasteiger partial charge in [-0.15, -0.1) is 0 Å². The number of thiophene rings is 1. The Hall–Kier alpha value is -1.95. The second-order valence-electron chi connectivity index (χ2n) is 3.59. The van der Waals surface area contributed by atoms with Crippen molar-refractivity contribution in [1.82, 2.24) is 15.3 Å². The van der Waals surface area contributed by atoms with Crippen molar-refractivity contribution < 1.29 is 4.79 Å². The summed E-state index contributed by atoms with van der Waals surface area (Å²) in [6.07, 6.45) is 2.73. The van der Waals surface area contributed by atoms with E-state index in [4.69, 9.17) is 5.73 Å². The topological polar surface area (TPSA) is 80.9 Å². The molecule has 1 amide bonds. The van der Waals surface area contributed by atoms with Crippen LogP contribution in [0, 0.1) is 6.92 Å². The van der Waals surface area contributed by atoms with Gasteiger partial charge in [0.1, 0.15) is 11.5 Å². The first kappa shape index (κ1) is 11.5. The van der Waals surface area contributed by atoms with Crippen molar-refractivity contribution in [2.24, 2.45) is 0 Å². The van der Waals surface area contributed by atoms with Crippen LogP contribution in [0.5, 0.6) is 0 Å². The van der Waals surface area contributed by atoms with Gasteiger partial charge in [0.15, 0.2) is 0 Å².